The van der Waals surface area contributed by atoms with Crippen LogP contribution >= 0.6 is 35.3 Å². The van der Waals surface area contributed by atoms with Crippen LogP contribution in [-0.2, 0) is 16.4 Å². The maximum Gasteiger partial charge on any atom is 0.191 e. The van der Waals surface area contributed by atoms with Gasteiger partial charge in [-0.05, 0) is 18.4 Å². The Morgan fingerprint density at radius 3 is 2.65 bits per heavy atom. The zero-order valence-corrected chi connectivity index (χ0v) is 15.7. The van der Waals surface area contributed by atoms with Crippen molar-refractivity contribution in [2.24, 2.45) is 4.99 Å². The average Bonchev–Trinajstić information content (AvgIpc) is 2.89. The largest absolute Gasteiger partial charge is 0.357 e. The van der Waals surface area contributed by atoms with Crippen LogP contribution in [0.2, 0.25) is 0 Å². The van der Waals surface area contributed by atoms with Crippen LogP contribution in [0.3, 0.4) is 0 Å². The molecule has 1 aromatic heterocycles. The third-order valence-electron chi connectivity index (χ3n) is 2.46. The molecule has 116 valence electrons. The van der Waals surface area contributed by atoms with Crippen molar-refractivity contribution in [3.8, 4) is 0 Å². The second kappa shape index (κ2) is 10.4. The topological polar surface area (TPSA) is 70.6 Å². The second-order valence-electron chi connectivity index (χ2n) is 3.94. The fourth-order valence-electron chi connectivity index (χ4n) is 1.37. The Balaban J connectivity index is 0.00000361. The lowest BCUT2D eigenvalue weighted by Crippen LogP contribution is -2.39. The molecule has 1 rings (SSSR count). The van der Waals surface area contributed by atoms with Gasteiger partial charge in [-0.2, -0.15) is 0 Å². The molecule has 8 heteroatoms. The smallest absolute Gasteiger partial charge is 0.191 e. The average molecular weight is 431 g/mol. The van der Waals surface area contributed by atoms with Gasteiger partial charge < -0.3 is 10.6 Å². The quantitative estimate of drug-likeness (QED) is 0.393. The third-order valence-corrected chi connectivity index (χ3v) is 5.03. The van der Waals surface area contributed by atoms with Crippen molar-refractivity contribution in [3.05, 3.63) is 22.4 Å². The highest BCUT2D eigenvalue weighted by Gasteiger charge is 2.07. The summed E-state index contributed by atoms with van der Waals surface area (Å²) in [6, 6.07) is 4.02. The summed E-state index contributed by atoms with van der Waals surface area (Å²) < 4.78 is 22.8. The van der Waals surface area contributed by atoms with E-state index in [4.69, 9.17) is 0 Å². The molecule has 0 spiro atoms. The summed E-state index contributed by atoms with van der Waals surface area (Å²) in [4.78, 5) is 5.59. The Morgan fingerprint density at radius 2 is 2.10 bits per heavy atom. The number of hydrogen-bond donors (Lipinski definition) is 2. The first kappa shape index (κ1) is 19.7. The number of rotatable bonds is 7. The van der Waals surface area contributed by atoms with E-state index in [1.54, 1.807) is 18.3 Å². The summed E-state index contributed by atoms with van der Waals surface area (Å²) in [5.74, 6) is 0.965. The van der Waals surface area contributed by atoms with Crippen molar-refractivity contribution in [1.29, 1.82) is 0 Å². The summed E-state index contributed by atoms with van der Waals surface area (Å²) in [6.45, 7) is 5.37. The molecule has 5 nitrogen and oxygen atoms in total. The van der Waals surface area contributed by atoms with Crippen LogP contribution in [0, 0.1) is 0 Å². The summed E-state index contributed by atoms with van der Waals surface area (Å²) in [7, 11) is -2.93. The SMILES string of the molecule is CCNC(=NCc1cccs1)NCCS(=O)(=O)CC.I. The molecule has 2 N–H and O–H groups in total. The molecule has 0 aromatic carbocycles. The van der Waals surface area contributed by atoms with Gasteiger partial charge in [-0.3, -0.25) is 0 Å². The maximum atomic E-state index is 11.4. The van der Waals surface area contributed by atoms with E-state index in [1.165, 1.54) is 4.88 Å². The fourth-order valence-corrected chi connectivity index (χ4v) is 2.70. The van der Waals surface area contributed by atoms with Gasteiger partial charge in [0.15, 0.2) is 15.8 Å². The van der Waals surface area contributed by atoms with Crippen molar-refractivity contribution < 1.29 is 8.42 Å². The molecule has 0 fully saturated rings. The van der Waals surface area contributed by atoms with Crippen LogP contribution in [0.4, 0.5) is 0 Å². The first-order valence-electron chi connectivity index (χ1n) is 6.32. The molecular formula is C12H22IN3O2S2. The van der Waals surface area contributed by atoms with Crippen LogP contribution < -0.4 is 10.6 Å². The monoisotopic (exact) mass is 431 g/mol. The zero-order valence-electron chi connectivity index (χ0n) is 11.8. The molecule has 0 saturated carbocycles. The van der Waals surface area contributed by atoms with Crippen LogP contribution in [-0.4, -0.2) is 39.0 Å². The van der Waals surface area contributed by atoms with E-state index < -0.39 is 9.84 Å². The van der Waals surface area contributed by atoms with Gasteiger partial charge in [0, 0.05) is 23.7 Å². The first-order valence-corrected chi connectivity index (χ1v) is 9.02. The minimum absolute atomic E-state index is 0. The predicted molar refractivity (Wildman–Crippen MR) is 96.9 cm³/mol. The standard InChI is InChI=1S/C12H21N3O2S2.HI/c1-3-13-12(14-7-9-19(16,17)4-2)15-10-11-6-5-8-18-11;/h5-6,8H,3-4,7,9-10H2,1-2H3,(H2,13,14,15);1H. The molecule has 0 aliphatic heterocycles. The summed E-state index contributed by atoms with van der Waals surface area (Å²) in [5.41, 5.74) is 0. The minimum Gasteiger partial charge on any atom is -0.357 e. The highest BCUT2D eigenvalue weighted by molar-refractivity contribution is 14.0. The molecule has 0 saturated heterocycles. The predicted octanol–water partition coefficient (Wildman–Crippen LogP) is 1.86. The second-order valence-corrected chi connectivity index (χ2v) is 7.44. The molecule has 0 atom stereocenters. The molecule has 20 heavy (non-hydrogen) atoms. The molecular weight excluding hydrogens is 409 g/mol. The maximum absolute atomic E-state index is 11.4. The minimum atomic E-state index is -2.93. The third kappa shape index (κ3) is 8.05. The van der Waals surface area contributed by atoms with Gasteiger partial charge in [0.25, 0.3) is 0 Å². The van der Waals surface area contributed by atoms with E-state index >= 15 is 0 Å². The van der Waals surface area contributed by atoms with Crippen molar-refractivity contribution in [3.63, 3.8) is 0 Å². The Bertz CT molecular complexity index is 487. The van der Waals surface area contributed by atoms with Crippen LogP contribution in [0.5, 0.6) is 0 Å². The van der Waals surface area contributed by atoms with Crippen LogP contribution in [0.25, 0.3) is 0 Å². The molecule has 0 unspecified atom stereocenters. The Morgan fingerprint density at radius 1 is 1.35 bits per heavy atom. The molecule has 1 heterocycles. The van der Waals surface area contributed by atoms with E-state index in [0.29, 0.717) is 19.0 Å². The van der Waals surface area contributed by atoms with Crippen molar-refractivity contribution in [2.75, 3.05) is 24.6 Å². The van der Waals surface area contributed by atoms with E-state index in [2.05, 4.69) is 15.6 Å². The van der Waals surface area contributed by atoms with Gasteiger partial charge in [0.05, 0.1) is 12.3 Å². The van der Waals surface area contributed by atoms with Crippen LogP contribution in [0.15, 0.2) is 22.5 Å². The summed E-state index contributed by atoms with van der Waals surface area (Å²) in [5, 5.41) is 8.15. The molecule has 0 aliphatic rings. The Labute approximate surface area is 142 Å². The van der Waals surface area contributed by atoms with Crippen molar-refractivity contribution in [2.45, 2.75) is 20.4 Å². The number of aliphatic imine (C=N–C) groups is 1. The summed E-state index contributed by atoms with van der Waals surface area (Å²) >= 11 is 1.66. The Kier molecular flexibility index (Phi) is 10.2. The Hall–Kier alpha value is -0.350. The normalized spacial score (nSPS) is 11.8. The lowest BCUT2D eigenvalue weighted by Gasteiger charge is -2.10. The number of halogens is 1. The summed E-state index contributed by atoms with van der Waals surface area (Å²) in [6.07, 6.45) is 0. The van der Waals surface area contributed by atoms with Gasteiger partial charge in [-0.1, -0.05) is 13.0 Å². The molecule has 0 bridgehead atoms. The molecule has 1 aromatic rings. The highest BCUT2D eigenvalue weighted by Crippen LogP contribution is 2.09. The van der Waals surface area contributed by atoms with Gasteiger partial charge in [-0.25, -0.2) is 13.4 Å². The molecule has 0 amide bonds. The van der Waals surface area contributed by atoms with Gasteiger partial charge in [0.1, 0.15) is 0 Å². The number of sulfone groups is 1. The van der Waals surface area contributed by atoms with Crippen molar-refractivity contribution >= 4 is 51.1 Å². The van der Waals surface area contributed by atoms with Crippen molar-refractivity contribution in [1.82, 2.24) is 10.6 Å². The number of nitrogens with zero attached hydrogens (tertiary/aromatic N) is 1. The lowest BCUT2D eigenvalue weighted by molar-refractivity contribution is 0.595. The van der Waals surface area contributed by atoms with E-state index in [-0.39, 0.29) is 35.5 Å². The number of nitrogens with one attached hydrogen (secondary N) is 2. The van der Waals surface area contributed by atoms with E-state index in [9.17, 15) is 8.42 Å². The van der Waals surface area contributed by atoms with Gasteiger partial charge in [-0.15, -0.1) is 35.3 Å². The fraction of sp³-hybridized carbons (Fsp3) is 0.583. The number of thiophene rings is 1. The van der Waals surface area contributed by atoms with Gasteiger partial charge >= 0.3 is 0 Å². The highest BCUT2D eigenvalue weighted by atomic mass is 127. The van der Waals surface area contributed by atoms with Gasteiger partial charge in [0.2, 0.25) is 0 Å². The van der Waals surface area contributed by atoms with E-state index in [0.717, 1.165) is 6.54 Å². The number of guanidine groups is 1. The zero-order chi connectivity index (χ0) is 14.1. The lowest BCUT2D eigenvalue weighted by atomic mass is 10.5. The molecule has 0 aliphatic carbocycles. The van der Waals surface area contributed by atoms with E-state index in [1.807, 2.05) is 24.4 Å². The number of hydrogen-bond acceptors (Lipinski definition) is 4. The van der Waals surface area contributed by atoms with Crippen LogP contribution in [0.1, 0.15) is 18.7 Å². The first-order chi connectivity index (χ1) is 9.07. The molecule has 0 radical (unpaired) electrons.